The number of likely N-dealkylation sites (N-methyl/N-ethyl adjacent to an activating group) is 1. The molecule has 1 saturated heterocycles. The van der Waals surface area contributed by atoms with Crippen LogP contribution < -0.4 is 5.56 Å². The van der Waals surface area contributed by atoms with Crippen LogP contribution in [0.5, 0.6) is 0 Å². The van der Waals surface area contributed by atoms with Gasteiger partial charge in [-0.05, 0) is 74.2 Å². The summed E-state index contributed by atoms with van der Waals surface area (Å²) in [5, 5.41) is 13.9. The summed E-state index contributed by atoms with van der Waals surface area (Å²) >= 11 is 0. The molecule has 0 bridgehead atoms. The predicted octanol–water partition coefficient (Wildman–Crippen LogP) is 3.00. The van der Waals surface area contributed by atoms with E-state index in [0.717, 1.165) is 61.4 Å². The van der Waals surface area contributed by atoms with Gasteiger partial charge in [0, 0.05) is 31.7 Å². The lowest BCUT2D eigenvalue weighted by molar-refractivity contribution is 0.105. The summed E-state index contributed by atoms with van der Waals surface area (Å²) in [5.41, 5.74) is 3.53. The van der Waals surface area contributed by atoms with E-state index in [1.165, 1.54) is 5.56 Å². The van der Waals surface area contributed by atoms with Crippen LogP contribution in [-0.2, 0) is 5.54 Å². The highest BCUT2D eigenvalue weighted by atomic mass is 16.1. The molecule has 1 aliphatic rings. The van der Waals surface area contributed by atoms with Crippen molar-refractivity contribution in [3.63, 3.8) is 0 Å². The van der Waals surface area contributed by atoms with Gasteiger partial charge in [-0.1, -0.05) is 25.5 Å². The molecule has 1 N–H and O–H groups in total. The topological polar surface area (TPSA) is 82.9 Å². The zero-order valence-corrected chi connectivity index (χ0v) is 20.1. The number of aromatic amines is 1. The van der Waals surface area contributed by atoms with Gasteiger partial charge in [0.2, 0.25) is 0 Å². The molecule has 1 atom stereocenters. The Kier molecular flexibility index (Phi) is 6.18. The van der Waals surface area contributed by atoms with Crippen molar-refractivity contribution >= 4 is 10.9 Å². The molecule has 3 heterocycles. The number of aryl methyl sites for hydroxylation is 2. The number of hydrogen-bond acceptors (Lipinski definition) is 6. The number of pyridine rings is 1. The van der Waals surface area contributed by atoms with Crippen LogP contribution in [0.4, 0.5) is 0 Å². The molecule has 0 saturated carbocycles. The molecule has 0 radical (unpaired) electrons. The third-order valence-corrected chi connectivity index (χ3v) is 7.01. The monoisotopic (exact) mass is 437 g/mol. The third kappa shape index (κ3) is 4.09. The number of benzene rings is 1. The molecule has 4 rings (SSSR count). The summed E-state index contributed by atoms with van der Waals surface area (Å²) < 4.78 is 1.91. The summed E-state index contributed by atoms with van der Waals surface area (Å²) in [5.74, 6) is 0.732. The number of piperazine rings is 1. The summed E-state index contributed by atoms with van der Waals surface area (Å²) in [6.45, 7) is 17.4. The van der Waals surface area contributed by atoms with E-state index in [1.807, 2.05) is 17.7 Å². The first-order chi connectivity index (χ1) is 15.2. The fraction of sp³-hybridized carbons (Fsp3) is 0.583. The van der Waals surface area contributed by atoms with Crippen LogP contribution >= 0.6 is 0 Å². The lowest BCUT2D eigenvalue weighted by Crippen LogP contribution is -2.49. The molecular weight excluding hydrogens is 402 g/mol. The van der Waals surface area contributed by atoms with E-state index < -0.39 is 0 Å². The van der Waals surface area contributed by atoms with Crippen LogP contribution in [0.3, 0.4) is 0 Å². The Balaban J connectivity index is 1.89. The molecule has 0 amide bonds. The maximum Gasteiger partial charge on any atom is 0.253 e. The van der Waals surface area contributed by atoms with Gasteiger partial charge >= 0.3 is 0 Å². The maximum absolute atomic E-state index is 13.4. The summed E-state index contributed by atoms with van der Waals surface area (Å²) in [4.78, 5) is 21.4. The van der Waals surface area contributed by atoms with Crippen LogP contribution in [0.15, 0.2) is 23.0 Å². The predicted molar refractivity (Wildman–Crippen MR) is 127 cm³/mol. The summed E-state index contributed by atoms with van der Waals surface area (Å²) in [6.07, 6.45) is 0.883. The van der Waals surface area contributed by atoms with Crippen LogP contribution in [0.2, 0.25) is 0 Å². The molecule has 172 valence electrons. The molecule has 1 aromatic carbocycles. The van der Waals surface area contributed by atoms with Crippen molar-refractivity contribution in [1.82, 2.24) is 35.0 Å². The molecule has 2 aromatic heterocycles. The molecule has 32 heavy (non-hydrogen) atoms. The average molecular weight is 438 g/mol. The van der Waals surface area contributed by atoms with E-state index in [0.29, 0.717) is 5.56 Å². The molecule has 0 unspecified atom stereocenters. The highest BCUT2D eigenvalue weighted by molar-refractivity contribution is 5.83. The molecule has 0 aliphatic carbocycles. The standard InChI is InChI=1S/C24H35N7O/c1-7-24(5,6)31-22(26-27-28-31)21(30-11-9-29(8-2)10-12-30)19-15-18-14-16(3)13-17(4)20(18)25-23(19)32/h13-15,21H,7-12H2,1-6H3,(H,25,32)/t21-/m1/s1. The van der Waals surface area contributed by atoms with E-state index in [2.05, 4.69) is 77.1 Å². The van der Waals surface area contributed by atoms with Gasteiger partial charge in [-0.15, -0.1) is 5.10 Å². The van der Waals surface area contributed by atoms with Gasteiger partial charge < -0.3 is 9.88 Å². The van der Waals surface area contributed by atoms with Gasteiger partial charge in [-0.25, -0.2) is 4.68 Å². The van der Waals surface area contributed by atoms with Crippen molar-refractivity contribution in [3.8, 4) is 0 Å². The molecule has 1 fully saturated rings. The summed E-state index contributed by atoms with van der Waals surface area (Å²) in [7, 11) is 0. The first kappa shape index (κ1) is 22.6. The van der Waals surface area contributed by atoms with Gasteiger partial charge in [0.15, 0.2) is 5.82 Å². The number of hydrogen-bond donors (Lipinski definition) is 1. The highest BCUT2D eigenvalue weighted by Gasteiger charge is 2.35. The molecule has 3 aromatic rings. The number of nitrogens with one attached hydrogen (secondary N) is 1. The van der Waals surface area contributed by atoms with E-state index in [1.54, 1.807) is 0 Å². The smallest absolute Gasteiger partial charge is 0.253 e. The van der Waals surface area contributed by atoms with Gasteiger partial charge in [-0.2, -0.15) is 0 Å². The normalized spacial score (nSPS) is 17.2. The lowest BCUT2D eigenvalue weighted by Gasteiger charge is -2.39. The van der Waals surface area contributed by atoms with Crippen LogP contribution in [-0.4, -0.2) is 67.7 Å². The Labute approximate surface area is 189 Å². The number of fused-ring (bicyclic) bond motifs is 1. The SMILES string of the molecule is CCN1CCN([C@H](c2cc3cc(C)cc(C)c3[nH]c2=O)c2nnnn2C(C)(C)CC)CC1. The van der Waals surface area contributed by atoms with Crippen molar-refractivity contribution in [2.75, 3.05) is 32.7 Å². The van der Waals surface area contributed by atoms with E-state index in [9.17, 15) is 4.79 Å². The Morgan fingerprint density at radius 3 is 2.47 bits per heavy atom. The quantitative estimate of drug-likeness (QED) is 0.638. The second-order valence-corrected chi connectivity index (χ2v) is 9.59. The largest absolute Gasteiger partial charge is 0.321 e. The fourth-order valence-electron chi connectivity index (χ4n) is 4.69. The van der Waals surface area contributed by atoms with Crippen molar-refractivity contribution in [2.45, 2.75) is 59.5 Å². The van der Waals surface area contributed by atoms with E-state index in [4.69, 9.17) is 0 Å². The van der Waals surface area contributed by atoms with Crippen molar-refractivity contribution in [3.05, 3.63) is 51.1 Å². The number of aromatic nitrogens is 5. The number of rotatable bonds is 6. The van der Waals surface area contributed by atoms with Gasteiger partial charge in [0.1, 0.15) is 6.04 Å². The summed E-state index contributed by atoms with van der Waals surface area (Å²) in [6, 6.07) is 5.98. The Morgan fingerprint density at radius 1 is 1.09 bits per heavy atom. The average Bonchev–Trinajstić information content (AvgIpc) is 3.26. The minimum atomic E-state index is -0.302. The van der Waals surface area contributed by atoms with E-state index in [-0.39, 0.29) is 17.1 Å². The Bertz CT molecular complexity index is 1150. The highest BCUT2D eigenvalue weighted by Crippen LogP contribution is 2.31. The second kappa shape index (κ2) is 8.75. The molecule has 8 nitrogen and oxygen atoms in total. The fourth-order valence-corrected chi connectivity index (χ4v) is 4.69. The Hall–Kier alpha value is -2.58. The van der Waals surface area contributed by atoms with Crippen molar-refractivity contribution in [2.24, 2.45) is 0 Å². The molecule has 8 heteroatoms. The minimum Gasteiger partial charge on any atom is -0.321 e. The zero-order chi connectivity index (χ0) is 23.0. The second-order valence-electron chi connectivity index (χ2n) is 9.59. The number of tetrazole rings is 1. The molecule has 0 spiro atoms. The van der Waals surface area contributed by atoms with Gasteiger partial charge in [0.05, 0.1) is 11.1 Å². The molecule has 1 aliphatic heterocycles. The lowest BCUT2D eigenvalue weighted by atomic mass is 9.98. The first-order valence-electron chi connectivity index (χ1n) is 11.6. The third-order valence-electron chi connectivity index (χ3n) is 7.01. The number of nitrogens with zero attached hydrogens (tertiary/aromatic N) is 6. The van der Waals surface area contributed by atoms with Crippen LogP contribution in [0, 0.1) is 13.8 Å². The van der Waals surface area contributed by atoms with Crippen LogP contribution in [0.1, 0.15) is 62.7 Å². The van der Waals surface area contributed by atoms with Gasteiger partial charge in [0.25, 0.3) is 5.56 Å². The van der Waals surface area contributed by atoms with Crippen molar-refractivity contribution < 1.29 is 0 Å². The maximum atomic E-state index is 13.4. The molecular formula is C24H35N7O. The van der Waals surface area contributed by atoms with Gasteiger partial charge in [-0.3, -0.25) is 9.69 Å². The zero-order valence-electron chi connectivity index (χ0n) is 20.1. The van der Waals surface area contributed by atoms with Crippen LogP contribution in [0.25, 0.3) is 10.9 Å². The van der Waals surface area contributed by atoms with E-state index >= 15 is 0 Å². The minimum absolute atomic E-state index is 0.0729. The Morgan fingerprint density at radius 2 is 1.81 bits per heavy atom. The van der Waals surface area contributed by atoms with Crippen molar-refractivity contribution in [1.29, 1.82) is 0 Å². The number of H-pyrrole nitrogens is 1. The first-order valence-corrected chi connectivity index (χ1v) is 11.6.